The topological polar surface area (TPSA) is 84.9 Å². The van der Waals surface area contributed by atoms with E-state index >= 15 is 0 Å². The highest BCUT2D eigenvalue weighted by molar-refractivity contribution is 7.92. The molecule has 1 N–H and O–H groups in total. The van der Waals surface area contributed by atoms with Gasteiger partial charge in [0.25, 0.3) is 0 Å². The Labute approximate surface area is 172 Å². The molecular formula is C21H28N2O5S. The molecule has 2 aromatic carbocycles. The van der Waals surface area contributed by atoms with Crippen LogP contribution in [0.3, 0.4) is 0 Å². The highest BCUT2D eigenvalue weighted by Crippen LogP contribution is 2.21. The molecule has 29 heavy (non-hydrogen) atoms. The minimum Gasteiger partial charge on any atom is -0.497 e. The summed E-state index contributed by atoms with van der Waals surface area (Å²) in [7, 11) is -1.98. The van der Waals surface area contributed by atoms with Crippen LogP contribution in [0.25, 0.3) is 0 Å². The van der Waals surface area contributed by atoms with Crippen LogP contribution in [0.2, 0.25) is 0 Å². The summed E-state index contributed by atoms with van der Waals surface area (Å²) >= 11 is 0. The van der Waals surface area contributed by atoms with E-state index in [9.17, 15) is 13.2 Å². The van der Waals surface area contributed by atoms with Gasteiger partial charge in [0.2, 0.25) is 15.9 Å². The number of methoxy groups -OCH3 is 1. The lowest BCUT2D eigenvalue weighted by Gasteiger charge is -2.22. The molecule has 7 nitrogen and oxygen atoms in total. The summed E-state index contributed by atoms with van der Waals surface area (Å²) in [6.45, 7) is 2.59. The molecule has 0 fully saturated rings. The van der Waals surface area contributed by atoms with Crippen molar-refractivity contribution in [3.63, 3.8) is 0 Å². The molecule has 0 aliphatic heterocycles. The van der Waals surface area contributed by atoms with Gasteiger partial charge in [-0.15, -0.1) is 0 Å². The number of carbonyl (C=O) groups excluding carboxylic acids is 1. The van der Waals surface area contributed by atoms with Crippen LogP contribution in [0, 0.1) is 0 Å². The zero-order valence-electron chi connectivity index (χ0n) is 17.1. The summed E-state index contributed by atoms with van der Waals surface area (Å²) in [5.41, 5.74) is 1.57. The van der Waals surface area contributed by atoms with E-state index in [-0.39, 0.29) is 12.5 Å². The van der Waals surface area contributed by atoms with Crippen molar-refractivity contribution in [1.82, 2.24) is 5.32 Å². The van der Waals surface area contributed by atoms with Crippen molar-refractivity contribution in [3.8, 4) is 11.5 Å². The normalized spacial score (nSPS) is 11.0. The molecule has 1 amide bonds. The Bertz CT molecular complexity index is 880. The maximum Gasteiger partial charge on any atom is 0.240 e. The molecule has 0 atom stereocenters. The van der Waals surface area contributed by atoms with Gasteiger partial charge in [0.1, 0.15) is 18.0 Å². The Morgan fingerprint density at radius 2 is 1.66 bits per heavy atom. The summed E-state index contributed by atoms with van der Waals surface area (Å²) in [4.78, 5) is 12.3. The van der Waals surface area contributed by atoms with E-state index in [0.717, 1.165) is 34.7 Å². The van der Waals surface area contributed by atoms with Gasteiger partial charge in [-0.25, -0.2) is 8.42 Å². The minimum absolute atomic E-state index is 0.269. The monoisotopic (exact) mass is 420 g/mol. The van der Waals surface area contributed by atoms with Crippen LogP contribution in [-0.2, 0) is 21.2 Å². The van der Waals surface area contributed by atoms with E-state index in [1.807, 2.05) is 31.2 Å². The molecule has 0 unspecified atom stereocenters. The summed E-state index contributed by atoms with van der Waals surface area (Å²) in [5.74, 6) is 1.10. The number of anilines is 1. The van der Waals surface area contributed by atoms with Crippen molar-refractivity contribution in [2.45, 2.75) is 19.8 Å². The van der Waals surface area contributed by atoms with E-state index in [4.69, 9.17) is 9.47 Å². The lowest BCUT2D eigenvalue weighted by molar-refractivity contribution is -0.119. The molecular weight excluding hydrogens is 392 g/mol. The molecule has 2 rings (SSSR count). The molecule has 0 saturated heterocycles. The van der Waals surface area contributed by atoms with Gasteiger partial charge in [0.05, 0.1) is 25.7 Å². The second-order valence-corrected chi connectivity index (χ2v) is 8.40. The third-order valence-corrected chi connectivity index (χ3v) is 5.39. The average molecular weight is 421 g/mol. The van der Waals surface area contributed by atoms with Crippen LogP contribution < -0.4 is 19.1 Å². The fraction of sp³-hybridized carbons (Fsp3) is 0.381. The highest BCUT2D eigenvalue weighted by atomic mass is 32.2. The molecule has 0 spiro atoms. The zero-order valence-corrected chi connectivity index (χ0v) is 17.9. The number of rotatable bonds is 11. The number of amides is 1. The standard InChI is InChI=1S/C21H28N2O5S/c1-4-28-20-13-9-18(10-14-20)23(29(3,25)26)16-21(24)22-15-5-6-17-7-11-19(27-2)12-8-17/h7-14H,4-6,15-16H2,1-3H3,(H,22,24). The second-order valence-electron chi connectivity index (χ2n) is 6.50. The number of aryl methyl sites for hydroxylation is 1. The van der Waals surface area contributed by atoms with Crippen molar-refractivity contribution in [1.29, 1.82) is 0 Å². The molecule has 2 aromatic rings. The number of nitrogens with zero attached hydrogens (tertiary/aromatic N) is 1. The Balaban J connectivity index is 1.87. The molecule has 0 bridgehead atoms. The van der Waals surface area contributed by atoms with E-state index in [2.05, 4.69) is 5.32 Å². The minimum atomic E-state index is -3.60. The van der Waals surface area contributed by atoms with E-state index in [1.54, 1.807) is 31.4 Å². The first kappa shape index (κ1) is 22.5. The largest absolute Gasteiger partial charge is 0.497 e. The van der Waals surface area contributed by atoms with Crippen molar-refractivity contribution < 1.29 is 22.7 Å². The molecule has 0 aliphatic rings. The molecule has 0 aromatic heterocycles. The lowest BCUT2D eigenvalue weighted by atomic mass is 10.1. The number of nitrogens with one attached hydrogen (secondary N) is 1. The molecule has 0 heterocycles. The first-order valence-electron chi connectivity index (χ1n) is 9.43. The number of benzene rings is 2. The maximum absolute atomic E-state index is 12.3. The number of sulfonamides is 1. The number of carbonyl (C=O) groups is 1. The van der Waals surface area contributed by atoms with Crippen molar-refractivity contribution in [2.75, 3.05) is 37.4 Å². The summed E-state index contributed by atoms with van der Waals surface area (Å²) in [5, 5.41) is 2.79. The third-order valence-electron chi connectivity index (χ3n) is 4.25. The van der Waals surface area contributed by atoms with Gasteiger partial charge in [-0.2, -0.15) is 0 Å². The Hall–Kier alpha value is -2.74. The SMILES string of the molecule is CCOc1ccc(N(CC(=O)NCCCc2ccc(OC)cc2)S(C)(=O)=O)cc1. The molecule has 158 valence electrons. The summed E-state index contributed by atoms with van der Waals surface area (Å²) in [6.07, 6.45) is 2.64. The van der Waals surface area contributed by atoms with E-state index < -0.39 is 10.0 Å². The smallest absolute Gasteiger partial charge is 0.240 e. The van der Waals surface area contributed by atoms with Gasteiger partial charge in [0.15, 0.2) is 0 Å². The average Bonchev–Trinajstić information content (AvgIpc) is 2.70. The van der Waals surface area contributed by atoms with Crippen LogP contribution in [0.1, 0.15) is 18.9 Å². The first-order chi connectivity index (χ1) is 13.8. The molecule has 0 saturated carbocycles. The summed E-state index contributed by atoms with van der Waals surface area (Å²) < 4.78 is 35.9. The van der Waals surface area contributed by atoms with E-state index in [0.29, 0.717) is 24.6 Å². The lowest BCUT2D eigenvalue weighted by Crippen LogP contribution is -2.40. The van der Waals surface area contributed by atoms with Crippen LogP contribution in [-0.4, -0.2) is 47.4 Å². The van der Waals surface area contributed by atoms with Gasteiger partial charge in [0, 0.05) is 6.54 Å². The fourth-order valence-corrected chi connectivity index (χ4v) is 3.63. The quantitative estimate of drug-likeness (QED) is 0.565. The molecule has 8 heteroatoms. The number of hydrogen-bond donors (Lipinski definition) is 1. The van der Waals surface area contributed by atoms with Gasteiger partial charge in [-0.3, -0.25) is 9.10 Å². The Kier molecular flexibility index (Phi) is 8.33. The molecule has 0 radical (unpaired) electrons. The van der Waals surface area contributed by atoms with Crippen LogP contribution in [0.15, 0.2) is 48.5 Å². The Morgan fingerprint density at radius 1 is 1.03 bits per heavy atom. The van der Waals surface area contributed by atoms with Crippen molar-refractivity contribution >= 4 is 21.6 Å². The summed E-state index contributed by atoms with van der Waals surface area (Å²) in [6, 6.07) is 14.4. The van der Waals surface area contributed by atoms with Crippen molar-refractivity contribution in [2.24, 2.45) is 0 Å². The van der Waals surface area contributed by atoms with Crippen LogP contribution in [0.4, 0.5) is 5.69 Å². The second kappa shape index (κ2) is 10.7. The van der Waals surface area contributed by atoms with Gasteiger partial charge in [-0.1, -0.05) is 12.1 Å². The first-order valence-corrected chi connectivity index (χ1v) is 11.3. The number of ether oxygens (including phenoxy) is 2. The zero-order chi connectivity index (χ0) is 21.3. The predicted octanol–water partition coefficient (Wildman–Crippen LogP) is 2.61. The Morgan fingerprint density at radius 3 is 2.21 bits per heavy atom. The third kappa shape index (κ3) is 7.30. The van der Waals surface area contributed by atoms with E-state index in [1.165, 1.54) is 0 Å². The van der Waals surface area contributed by atoms with Crippen molar-refractivity contribution in [3.05, 3.63) is 54.1 Å². The predicted molar refractivity (Wildman–Crippen MR) is 114 cm³/mol. The van der Waals surface area contributed by atoms with Gasteiger partial charge < -0.3 is 14.8 Å². The number of hydrogen-bond acceptors (Lipinski definition) is 5. The fourth-order valence-electron chi connectivity index (χ4n) is 2.77. The highest BCUT2D eigenvalue weighted by Gasteiger charge is 2.20. The van der Waals surface area contributed by atoms with Crippen LogP contribution in [0.5, 0.6) is 11.5 Å². The van der Waals surface area contributed by atoms with Gasteiger partial charge in [-0.05, 0) is 61.7 Å². The van der Waals surface area contributed by atoms with Gasteiger partial charge >= 0.3 is 0 Å². The maximum atomic E-state index is 12.3. The van der Waals surface area contributed by atoms with Crippen LogP contribution >= 0.6 is 0 Å². The molecule has 0 aliphatic carbocycles.